The summed E-state index contributed by atoms with van der Waals surface area (Å²) in [6.07, 6.45) is 0. The molecule has 15 heavy (non-hydrogen) atoms. The zero-order valence-corrected chi connectivity index (χ0v) is 9.98. The maximum Gasteiger partial charge on any atom is 0.313 e. The van der Waals surface area contributed by atoms with Gasteiger partial charge in [-0.2, -0.15) is 0 Å². The summed E-state index contributed by atoms with van der Waals surface area (Å²) in [7, 11) is 1.55. The predicted molar refractivity (Wildman–Crippen MR) is 61.1 cm³/mol. The molecule has 0 aliphatic rings. The topological polar surface area (TPSA) is 46.5 Å². The van der Waals surface area contributed by atoms with Crippen molar-refractivity contribution in [3.8, 4) is 5.75 Å². The molecule has 0 atom stereocenters. The molecule has 0 aliphatic carbocycles. The Bertz CT molecular complexity index is 379. The monoisotopic (exact) mass is 246 g/mol. The van der Waals surface area contributed by atoms with E-state index in [0.717, 1.165) is 10.5 Å². The number of rotatable bonds is 4. The van der Waals surface area contributed by atoms with E-state index in [-0.39, 0.29) is 5.75 Å². The molecule has 5 heteroatoms. The van der Waals surface area contributed by atoms with Crippen LogP contribution in [0.4, 0.5) is 0 Å². The third-order valence-electron chi connectivity index (χ3n) is 1.80. The second-order valence-electron chi connectivity index (χ2n) is 2.93. The molecule has 3 nitrogen and oxygen atoms in total. The van der Waals surface area contributed by atoms with E-state index < -0.39 is 5.97 Å². The number of thioether (sulfide) groups is 1. The quantitative estimate of drug-likeness (QED) is 0.830. The number of halogens is 1. The highest BCUT2D eigenvalue weighted by Gasteiger charge is 2.08. The van der Waals surface area contributed by atoms with Gasteiger partial charge in [0.25, 0.3) is 0 Å². The minimum Gasteiger partial charge on any atom is -0.495 e. The molecule has 0 saturated carbocycles. The van der Waals surface area contributed by atoms with Crippen LogP contribution < -0.4 is 4.74 Å². The van der Waals surface area contributed by atoms with E-state index in [2.05, 4.69) is 0 Å². The Morgan fingerprint density at radius 3 is 2.80 bits per heavy atom. The number of aryl methyl sites for hydroxylation is 1. The molecule has 1 aromatic rings. The van der Waals surface area contributed by atoms with E-state index in [9.17, 15) is 4.79 Å². The summed E-state index contributed by atoms with van der Waals surface area (Å²) < 4.78 is 5.05. The summed E-state index contributed by atoms with van der Waals surface area (Å²) in [6.45, 7) is 1.89. The number of benzene rings is 1. The Hall–Kier alpha value is -0.870. The van der Waals surface area contributed by atoms with Gasteiger partial charge in [-0.1, -0.05) is 11.6 Å². The first kappa shape index (κ1) is 12.2. The molecule has 0 amide bonds. The Morgan fingerprint density at radius 1 is 1.60 bits per heavy atom. The lowest BCUT2D eigenvalue weighted by Gasteiger charge is -2.08. The fraction of sp³-hybridized carbons (Fsp3) is 0.300. The molecule has 1 rings (SSSR count). The number of carbonyl (C=O) groups is 1. The minimum absolute atomic E-state index is 0.0312. The van der Waals surface area contributed by atoms with Crippen LogP contribution in [0.15, 0.2) is 17.0 Å². The number of hydrogen-bond donors (Lipinski definition) is 1. The lowest BCUT2D eigenvalue weighted by atomic mass is 10.2. The summed E-state index contributed by atoms with van der Waals surface area (Å²) in [5.41, 5.74) is 0.961. The minimum atomic E-state index is -0.841. The Labute approximate surface area is 97.4 Å². The number of methoxy groups -OCH3 is 1. The lowest BCUT2D eigenvalue weighted by Crippen LogP contribution is -1.98. The van der Waals surface area contributed by atoms with Gasteiger partial charge in [0.15, 0.2) is 0 Å². The van der Waals surface area contributed by atoms with Crippen molar-refractivity contribution < 1.29 is 14.6 Å². The van der Waals surface area contributed by atoms with Crippen LogP contribution >= 0.6 is 23.4 Å². The second kappa shape index (κ2) is 5.28. The zero-order valence-electron chi connectivity index (χ0n) is 8.41. The van der Waals surface area contributed by atoms with Crippen molar-refractivity contribution in [1.29, 1.82) is 0 Å². The highest BCUT2D eigenvalue weighted by atomic mass is 35.5. The molecule has 0 radical (unpaired) electrons. The molecule has 0 fully saturated rings. The van der Waals surface area contributed by atoms with Crippen LogP contribution in [0.1, 0.15) is 5.56 Å². The Kier molecular flexibility index (Phi) is 4.29. The highest BCUT2D eigenvalue weighted by molar-refractivity contribution is 8.00. The van der Waals surface area contributed by atoms with Crippen LogP contribution in [0.3, 0.4) is 0 Å². The van der Waals surface area contributed by atoms with Crippen molar-refractivity contribution in [3.63, 3.8) is 0 Å². The average molecular weight is 247 g/mol. The number of carboxylic acid groups (broad SMARTS) is 1. The maximum atomic E-state index is 10.4. The number of hydrogen-bond acceptors (Lipinski definition) is 3. The van der Waals surface area contributed by atoms with Gasteiger partial charge in [-0.15, -0.1) is 11.8 Å². The molecule has 0 aromatic heterocycles. The average Bonchev–Trinajstić information content (AvgIpc) is 2.18. The summed E-state index contributed by atoms with van der Waals surface area (Å²) >= 11 is 7.18. The van der Waals surface area contributed by atoms with E-state index in [4.69, 9.17) is 21.4 Å². The lowest BCUT2D eigenvalue weighted by molar-refractivity contribution is -0.133. The SMILES string of the molecule is COc1cc(C)c(SCC(=O)O)cc1Cl. The largest absolute Gasteiger partial charge is 0.495 e. The van der Waals surface area contributed by atoms with Gasteiger partial charge in [0.2, 0.25) is 0 Å². The molecule has 1 N–H and O–H groups in total. The first-order valence-corrected chi connectivity index (χ1v) is 5.59. The molecular formula is C10H11ClO3S. The molecule has 0 saturated heterocycles. The van der Waals surface area contributed by atoms with E-state index >= 15 is 0 Å². The van der Waals surface area contributed by atoms with Gasteiger partial charge in [0, 0.05) is 4.90 Å². The van der Waals surface area contributed by atoms with Gasteiger partial charge >= 0.3 is 5.97 Å². The van der Waals surface area contributed by atoms with Gasteiger partial charge in [-0.3, -0.25) is 4.79 Å². The molecule has 0 bridgehead atoms. The molecule has 82 valence electrons. The number of carboxylic acids is 1. The fourth-order valence-corrected chi connectivity index (χ4v) is 2.16. The van der Waals surface area contributed by atoms with Gasteiger partial charge in [0.1, 0.15) is 5.75 Å². The summed E-state index contributed by atoms with van der Waals surface area (Å²) in [5.74, 6) is -0.205. The van der Waals surface area contributed by atoms with Crippen molar-refractivity contribution in [2.45, 2.75) is 11.8 Å². The van der Waals surface area contributed by atoms with Crippen molar-refractivity contribution in [1.82, 2.24) is 0 Å². The van der Waals surface area contributed by atoms with Crippen molar-refractivity contribution in [2.24, 2.45) is 0 Å². The standard InChI is InChI=1S/C10H11ClO3S/c1-6-3-8(14-2)7(11)4-9(6)15-5-10(12)13/h3-4H,5H2,1-2H3,(H,12,13). The van der Waals surface area contributed by atoms with Gasteiger partial charge in [-0.05, 0) is 24.6 Å². The normalized spacial score (nSPS) is 10.1. The van der Waals surface area contributed by atoms with E-state index in [1.807, 2.05) is 6.92 Å². The highest BCUT2D eigenvalue weighted by Crippen LogP contribution is 2.32. The molecule has 1 aromatic carbocycles. The smallest absolute Gasteiger partial charge is 0.313 e. The molecule has 0 heterocycles. The van der Waals surface area contributed by atoms with Crippen molar-refractivity contribution >= 4 is 29.3 Å². The molecule has 0 unspecified atom stereocenters. The van der Waals surface area contributed by atoms with Crippen LogP contribution in [-0.2, 0) is 4.79 Å². The van der Waals surface area contributed by atoms with Crippen LogP contribution in [0.25, 0.3) is 0 Å². The Balaban J connectivity index is 2.90. The van der Waals surface area contributed by atoms with Crippen LogP contribution in [0, 0.1) is 6.92 Å². The van der Waals surface area contributed by atoms with E-state index in [1.54, 1.807) is 19.2 Å². The first-order chi connectivity index (χ1) is 7.04. The third kappa shape index (κ3) is 3.32. The number of aliphatic carboxylic acids is 1. The van der Waals surface area contributed by atoms with Gasteiger partial charge < -0.3 is 9.84 Å². The van der Waals surface area contributed by atoms with Crippen molar-refractivity contribution in [3.05, 3.63) is 22.7 Å². The van der Waals surface area contributed by atoms with Crippen LogP contribution in [0.5, 0.6) is 5.75 Å². The fourth-order valence-electron chi connectivity index (χ4n) is 1.09. The zero-order chi connectivity index (χ0) is 11.4. The first-order valence-electron chi connectivity index (χ1n) is 4.23. The molecule has 0 aliphatic heterocycles. The van der Waals surface area contributed by atoms with Crippen molar-refractivity contribution in [2.75, 3.05) is 12.9 Å². The van der Waals surface area contributed by atoms with Crippen LogP contribution in [-0.4, -0.2) is 23.9 Å². The molecular weight excluding hydrogens is 236 g/mol. The van der Waals surface area contributed by atoms with E-state index in [1.165, 1.54) is 11.8 Å². The maximum absolute atomic E-state index is 10.4. The summed E-state index contributed by atoms with van der Waals surface area (Å²) in [5, 5.41) is 9.05. The third-order valence-corrected chi connectivity index (χ3v) is 3.24. The number of ether oxygens (including phenoxy) is 1. The van der Waals surface area contributed by atoms with Gasteiger partial charge in [0.05, 0.1) is 17.9 Å². The Morgan fingerprint density at radius 2 is 2.27 bits per heavy atom. The summed E-state index contributed by atoms with van der Waals surface area (Å²) in [6, 6.07) is 3.52. The second-order valence-corrected chi connectivity index (χ2v) is 4.36. The van der Waals surface area contributed by atoms with Gasteiger partial charge in [-0.25, -0.2) is 0 Å². The predicted octanol–water partition coefficient (Wildman–Crippen LogP) is 2.83. The molecule has 0 spiro atoms. The summed E-state index contributed by atoms with van der Waals surface area (Å²) in [4.78, 5) is 11.3. The van der Waals surface area contributed by atoms with Crippen LogP contribution in [0.2, 0.25) is 5.02 Å². The van der Waals surface area contributed by atoms with E-state index in [0.29, 0.717) is 10.8 Å².